The largest absolute Gasteiger partial charge is 0.494 e. The number of para-hydroxylation sites is 1. The van der Waals surface area contributed by atoms with Gasteiger partial charge < -0.3 is 9.47 Å². The van der Waals surface area contributed by atoms with E-state index in [1.165, 1.54) is 12.1 Å². The predicted octanol–water partition coefficient (Wildman–Crippen LogP) is 7.84. The average molecular weight is 507 g/mol. The van der Waals surface area contributed by atoms with Gasteiger partial charge in [-0.1, -0.05) is 53.5 Å². The monoisotopic (exact) mass is 506 g/mol. The Hall–Kier alpha value is -3.16. The van der Waals surface area contributed by atoms with E-state index in [1.54, 1.807) is 18.2 Å². The lowest BCUT2D eigenvalue weighted by atomic mass is 10.1. The first-order chi connectivity index (χ1) is 16.3. The van der Waals surface area contributed by atoms with Gasteiger partial charge in [0.2, 0.25) is 0 Å². The fourth-order valence-corrected chi connectivity index (χ4v) is 3.91. The number of alkyl halides is 3. The number of benzene rings is 3. The molecule has 4 aromatic rings. The summed E-state index contributed by atoms with van der Waals surface area (Å²) in [5.74, 6) is 1.28. The average Bonchev–Trinajstić information content (AvgIpc) is 3.23. The molecule has 1 heterocycles. The molecule has 0 radical (unpaired) electrons. The Labute approximate surface area is 204 Å². The SMILES string of the molecule is CCOc1ccc(-c2ccc(OCc3cc(C(F)(F)F)nn3-c3c(Cl)cccc3Cl)cc2)cc1. The van der Waals surface area contributed by atoms with Crippen molar-refractivity contribution in [3.63, 3.8) is 0 Å². The van der Waals surface area contributed by atoms with E-state index < -0.39 is 11.9 Å². The third-order valence-corrected chi connectivity index (χ3v) is 5.57. The highest BCUT2D eigenvalue weighted by Crippen LogP contribution is 2.34. The number of halogens is 5. The molecule has 0 saturated heterocycles. The number of nitrogens with zero attached hydrogens (tertiary/aromatic N) is 2. The molecule has 176 valence electrons. The summed E-state index contributed by atoms with van der Waals surface area (Å²) in [5, 5.41) is 4.04. The van der Waals surface area contributed by atoms with E-state index in [2.05, 4.69) is 5.10 Å². The standard InChI is InChI=1S/C25H19Cl2F3N2O2/c1-2-33-19-10-6-16(7-11-19)17-8-12-20(13-9-17)34-15-18-14-23(25(28,29)30)31-32(18)24-21(26)4-3-5-22(24)27/h3-14H,2,15H2,1H3. The molecule has 0 N–H and O–H groups in total. The van der Waals surface area contributed by atoms with Crippen molar-refractivity contribution in [2.24, 2.45) is 0 Å². The zero-order chi connectivity index (χ0) is 24.3. The lowest BCUT2D eigenvalue weighted by Crippen LogP contribution is -2.09. The van der Waals surface area contributed by atoms with Gasteiger partial charge in [0.25, 0.3) is 0 Å². The molecule has 0 bridgehead atoms. The van der Waals surface area contributed by atoms with E-state index in [-0.39, 0.29) is 28.0 Å². The maximum atomic E-state index is 13.3. The van der Waals surface area contributed by atoms with Gasteiger partial charge in [-0.25, -0.2) is 4.68 Å². The van der Waals surface area contributed by atoms with Crippen LogP contribution in [0.4, 0.5) is 13.2 Å². The highest BCUT2D eigenvalue weighted by molar-refractivity contribution is 6.37. The molecule has 0 saturated carbocycles. The number of hydrogen-bond acceptors (Lipinski definition) is 3. The lowest BCUT2D eigenvalue weighted by Gasteiger charge is -2.12. The van der Waals surface area contributed by atoms with Crippen LogP contribution in [0.2, 0.25) is 10.0 Å². The van der Waals surface area contributed by atoms with Crippen LogP contribution in [0.1, 0.15) is 18.3 Å². The Morgan fingerprint density at radius 1 is 0.824 bits per heavy atom. The first-order valence-corrected chi connectivity index (χ1v) is 11.1. The van der Waals surface area contributed by atoms with Gasteiger partial charge in [-0.05, 0) is 60.5 Å². The zero-order valence-corrected chi connectivity index (χ0v) is 19.5. The molecular formula is C25H19Cl2F3N2O2. The van der Waals surface area contributed by atoms with E-state index in [0.717, 1.165) is 27.6 Å². The molecule has 0 unspecified atom stereocenters. The first-order valence-electron chi connectivity index (χ1n) is 10.3. The fraction of sp³-hybridized carbons (Fsp3) is 0.160. The van der Waals surface area contributed by atoms with Crippen molar-refractivity contribution < 1.29 is 22.6 Å². The van der Waals surface area contributed by atoms with Crippen molar-refractivity contribution in [2.75, 3.05) is 6.61 Å². The van der Waals surface area contributed by atoms with Crippen LogP contribution in [-0.4, -0.2) is 16.4 Å². The summed E-state index contributed by atoms with van der Waals surface area (Å²) < 4.78 is 52.3. The van der Waals surface area contributed by atoms with Crippen LogP contribution in [0.5, 0.6) is 11.5 Å². The van der Waals surface area contributed by atoms with Crippen molar-refractivity contribution in [1.82, 2.24) is 9.78 Å². The topological polar surface area (TPSA) is 36.3 Å². The van der Waals surface area contributed by atoms with Crippen LogP contribution in [0, 0.1) is 0 Å². The Morgan fingerprint density at radius 2 is 1.35 bits per heavy atom. The number of hydrogen-bond donors (Lipinski definition) is 0. The van der Waals surface area contributed by atoms with Crippen LogP contribution < -0.4 is 9.47 Å². The molecule has 0 amide bonds. The molecular weight excluding hydrogens is 488 g/mol. The Bertz CT molecular complexity index is 1250. The van der Waals surface area contributed by atoms with Gasteiger partial charge >= 0.3 is 6.18 Å². The van der Waals surface area contributed by atoms with Gasteiger partial charge in [-0.3, -0.25) is 0 Å². The van der Waals surface area contributed by atoms with E-state index >= 15 is 0 Å². The van der Waals surface area contributed by atoms with Crippen molar-refractivity contribution in [2.45, 2.75) is 19.7 Å². The molecule has 4 nitrogen and oxygen atoms in total. The van der Waals surface area contributed by atoms with Crippen LogP contribution >= 0.6 is 23.2 Å². The second-order valence-electron chi connectivity index (χ2n) is 7.27. The molecule has 0 aliphatic carbocycles. The number of rotatable bonds is 7. The van der Waals surface area contributed by atoms with Crippen molar-refractivity contribution in [3.8, 4) is 28.3 Å². The molecule has 0 aliphatic heterocycles. The molecule has 9 heteroatoms. The number of ether oxygens (including phenoxy) is 2. The van der Waals surface area contributed by atoms with Crippen LogP contribution in [0.3, 0.4) is 0 Å². The highest BCUT2D eigenvalue weighted by atomic mass is 35.5. The smallest absolute Gasteiger partial charge is 0.435 e. The molecule has 1 aromatic heterocycles. The third-order valence-electron chi connectivity index (χ3n) is 4.96. The van der Waals surface area contributed by atoms with E-state index in [4.69, 9.17) is 32.7 Å². The summed E-state index contributed by atoms with van der Waals surface area (Å²) >= 11 is 12.4. The first kappa shape index (κ1) is 24.0. The van der Waals surface area contributed by atoms with Crippen LogP contribution in [-0.2, 0) is 12.8 Å². The maximum absolute atomic E-state index is 13.3. The van der Waals surface area contributed by atoms with Crippen molar-refractivity contribution >= 4 is 23.2 Å². The van der Waals surface area contributed by atoms with Crippen molar-refractivity contribution in [1.29, 1.82) is 0 Å². The minimum atomic E-state index is -4.63. The summed E-state index contributed by atoms with van der Waals surface area (Å²) in [7, 11) is 0. The quantitative estimate of drug-likeness (QED) is 0.256. The highest BCUT2D eigenvalue weighted by Gasteiger charge is 2.35. The summed E-state index contributed by atoms with van der Waals surface area (Å²) in [6, 6.07) is 20.5. The minimum Gasteiger partial charge on any atom is -0.494 e. The molecule has 0 atom stereocenters. The normalized spacial score (nSPS) is 11.5. The van der Waals surface area contributed by atoms with Gasteiger partial charge in [0, 0.05) is 0 Å². The van der Waals surface area contributed by atoms with Crippen LogP contribution in [0.15, 0.2) is 72.8 Å². The molecule has 3 aromatic carbocycles. The fourth-order valence-electron chi connectivity index (χ4n) is 3.36. The van der Waals surface area contributed by atoms with Gasteiger partial charge in [0.15, 0.2) is 5.69 Å². The van der Waals surface area contributed by atoms with E-state index in [1.807, 2.05) is 43.3 Å². The molecule has 0 aliphatic rings. The zero-order valence-electron chi connectivity index (χ0n) is 17.9. The van der Waals surface area contributed by atoms with E-state index in [0.29, 0.717) is 12.4 Å². The molecule has 4 rings (SSSR count). The summed E-state index contributed by atoms with van der Waals surface area (Å²) in [4.78, 5) is 0. The second kappa shape index (κ2) is 9.99. The summed E-state index contributed by atoms with van der Waals surface area (Å²) in [6.07, 6.45) is -4.63. The third kappa shape index (κ3) is 5.32. The van der Waals surface area contributed by atoms with Crippen molar-refractivity contribution in [3.05, 3.63) is 94.2 Å². The molecule has 0 spiro atoms. The van der Waals surface area contributed by atoms with Gasteiger partial charge in [0.05, 0.1) is 22.3 Å². The Morgan fingerprint density at radius 3 is 1.85 bits per heavy atom. The van der Waals surface area contributed by atoms with Gasteiger partial charge in [-0.2, -0.15) is 18.3 Å². The second-order valence-corrected chi connectivity index (χ2v) is 8.09. The maximum Gasteiger partial charge on any atom is 0.435 e. The number of aromatic nitrogens is 2. The minimum absolute atomic E-state index is 0.151. The van der Waals surface area contributed by atoms with Crippen LogP contribution in [0.25, 0.3) is 16.8 Å². The predicted molar refractivity (Wildman–Crippen MR) is 126 cm³/mol. The molecule has 0 fully saturated rings. The summed E-state index contributed by atoms with van der Waals surface area (Å²) in [6.45, 7) is 2.34. The Kier molecular flexibility index (Phi) is 7.05. The van der Waals surface area contributed by atoms with E-state index in [9.17, 15) is 13.2 Å². The Balaban J connectivity index is 1.56. The summed E-state index contributed by atoms with van der Waals surface area (Å²) in [5.41, 5.74) is 1.20. The van der Waals surface area contributed by atoms with Gasteiger partial charge in [-0.15, -0.1) is 0 Å². The molecule has 34 heavy (non-hydrogen) atoms. The lowest BCUT2D eigenvalue weighted by molar-refractivity contribution is -0.141. The van der Waals surface area contributed by atoms with Gasteiger partial charge in [0.1, 0.15) is 23.8 Å².